The van der Waals surface area contributed by atoms with Crippen LogP contribution in [0, 0.1) is 0 Å². The third-order valence-corrected chi connectivity index (χ3v) is 10.7. The quantitative estimate of drug-likeness (QED) is 0.0263. The van der Waals surface area contributed by atoms with Crippen molar-refractivity contribution in [3.8, 4) is 0 Å². The third kappa shape index (κ3) is 46.3. The maximum Gasteiger partial charge on any atom is 0.306 e. The SMILES string of the molecule is CCC/C=C\C/C=C\CCCCCCCC(=O)OC(COC(=O)CCCCCCC/C=C\CCC)COC(=O)CCCCCCCCC/C=C\CCCCCCCCC. The number of hydrogen-bond donors (Lipinski definition) is 0. The van der Waals surface area contributed by atoms with Crippen LogP contribution >= 0.6 is 0 Å². The van der Waals surface area contributed by atoms with E-state index in [0.717, 1.165) is 103 Å². The van der Waals surface area contributed by atoms with E-state index in [4.69, 9.17) is 14.2 Å². The van der Waals surface area contributed by atoms with Crippen LogP contribution in [0.5, 0.6) is 0 Å². The monoisotopic (exact) mass is 827 g/mol. The second-order valence-electron chi connectivity index (χ2n) is 16.7. The molecule has 0 aliphatic rings. The molecule has 342 valence electrons. The zero-order chi connectivity index (χ0) is 43.0. The highest BCUT2D eigenvalue weighted by molar-refractivity contribution is 5.71. The van der Waals surface area contributed by atoms with Crippen LogP contribution in [0.25, 0.3) is 0 Å². The zero-order valence-electron chi connectivity index (χ0n) is 39.0. The lowest BCUT2D eigenvalue weighted by molar-refractivity contribution is -0.167. The lowest BCUT2D eigenvalue weighted by Crippen LogP contribution is -2.30. The number of carbonyl (C=O) groups excluding carboxylic acids is 3. The molecule has 0 fully saturated rings. The summed E-state index contributed by atoms with van der Waals surface area (Å²) in [4.78, 5) is 37.8. The lowest BCUT2D eigenvalue weighted by Gasteiger charge is -2.18. The van der Waals surface area contributed by atoms with Gasteiger partial charge in [-0.3, -0.25) is 14.4 Å². The van der Waals surface area contributed by atoms with E-state index < -0.39 is 6.10 Å². The number of rotatable bonds is 45. The Hall–Kier alpha value is -2.63. The van der Waals surface area contributed by atoms with Crippen molar-refractivity contribution in [2.75, 3.05) is 13.2 Å². The maximum absolute atomic E-state index is 12.7. The van der Waals surface area contributed by atoms with Gasteiger partial charge in [-0.1, -0.05) is 191 Å². The molecule has 6 heteroatoms. The van der Waals surface area contributed by atoms with E-state index in [1.165, 1.54) is 109 Å². The van der Waals surface area contributed by atoms with Crippen molar-refractivity contribution in [3.63, 3.8) is 0 Å². The van der Waals surface area contributed by atoms with Gasteiger partial charge in [0.05, 0.1) is 0 Å². The molecule has 0 bridgehead atoms. The van der Waals surface area contributed by atoms with Crippen LogP contribution in [-0.4, -0.2) is 37.2 Å². The second kappa shape index (κ2) is 48.0. The topological polar surface area (TPSA) is 78.9 Å². The van der Waals surface area contributed by atoms with Crippen LogP contribution in [0.15, 0.2) is 48.6 Å². The molecule has 1 atom stereocenters. The van der Waals surface area contributed by atoms with Gasteiger partial charge in [-0.2, -0.15) is 0 Å². The fourth-order valence-corrected chi connectivity index (χ4v) is 6.95. The number of carbonyl (C=O) groups is 3. The molecule has 0 amide bonds. The van der Waals surface area contributed by atoms with E-state index >= 15 is 0 Å². The minimum absolute atomic E-state index is 0.0834. The van der Waals surface area contributed by atoms with E-state index in [1.807, 2.05) is 0 Å². The van der Waals surface area contributed by atoms with Gasteiger partial charge < -0.3 is 14.2 Å². The van der Waals surface area contributed by atoms with Gasteiger partial charge in [0.2, 0.25) is 0 Å². The molecule has 0 radical (unpaired) electrons. The molecule has 0 rings (SSSR count). The van der Waals surface area contributed by atoms with Gasteiger partial charge in [0.1, 0.15) is 13.2 Å². The van der Waals surface area contributed by atoms with Crippen LogP contribution in [-0.2, 0) is 28.6 Å². The zero-order valence-corrected chi connectivity index (χ0v) is 39.0. The summed E-state index contributed by atoms with van der Waals surface area (Å²) in [6.07, 6.45) is 56.7. The minimum atomic E-state index is -0.782. The van der Waals surface area contributed by atoms with Gasteiger partial charge in [-0.15, -0.1) is 0 Å². The first-order valence-electron chi connectivity index (χ1n) is 25.1. The first-order chi connectivity index (χ1) is 29.0. The Kier molecular flexibility index (Phi) is 45.9. The summed E-state index contributed by atoms with van der Waals surface area (Å²) in [5, 5.41) is 0. The summed E-state index contributed by atoms with van der Waals surface area (Å²) in [5.74, 6) is -0.910. The van der Waals surface area contributed by atoms with Crippen molar-refractivity contribution >= 4 is 17.9 Å². The molecule has 0 spiro atoms. The Morgan fingerprint density at radius 2 is 0.644 bits per heavy atom. The Bertz CT molecular complexity index is 1040. The van der Waals surface area contributed by atoms with Crippen molar-refractivity contribution in [1.29, 1.82) is 0 Å². The van der Waals surface area contributed by atoms with Crippen molar-refractivity contribution in [1.82, 2.24) is 0 Å². The first kappa shape index (κ1) is 56.4. The summed E-state index contributed by atoms with van der Waals surface area (Å²) < 4.78 is 16.7. The largest absolute Gasteiger partial charge is 0.462 e. The van der Waals surface area contributed by atoms with E-state index in [0.29, 0.717) is 19.3 Å². The summed E-state index contributed by atoms with van der Waals surface area (Å²) in [6.45, 7) is 6.49. The molecule has 0 saturated heterocycles. The van der Waals surface area contributed by atoms with Crippen molar-refractivity contribution < 1.29 is 28.6 Å². The van der Waals surface area contributed by atoms with Crippen LogP contribution in [0.4, 0.5) is 0 Å². The van der Waals surface area contributed by atoms with Gasteiger partial charge in [-0.25, -0.2) is 0 Å². The molecule has 0 aromatic rings. The molecule has 0 saturated carbocycles. The molecule has 0 aromatic carbocycles. The molecule has 0 aliphatic carbocycles. The Morgan fingerprint density at radius 1 is 0.339 bits per heavy atom. The lowest BCUT2D eigenvalue weighted by atomic mass is 10.1. The van der Waals surface area contributed by atoms with Crippen LogP contribution in [0.3, 0.4) is 0 Å². The van der Waals surface area contributed by atoms with E-state index in [2.05, 4.69) is 69.4 Å². The highest BCUT2D eigenvalue weighted by Crippen LogP contribution is 2.14. The molecule has 0 N–H and O–H groups in total. The molecule has 0 aliphatic heterocycles. The average molecular weight is 827 g/mol. The summed E-state index contributed by atoms with van der Waals surface area (Å²) in [6, 6.07) is 0. The van der Waals surface area contributed by atoms with Crippen molar-refractivity contribution in [2.45, 2.75) is 258 Å². The molecule has 59 heavy (non-hydrogen) atoms. The smallest absolute Gasteiger partial charge is 0.306 e. The Balaban J connectivity index is 4.34. The number of ether oxygens (including phenoxy) is 3. The average Bonchev–Trinajstić information content (AvgIpc) is 3.23. The van der Waals surface area contributed by atoms with Crippen LogP contribution < -0.4 is 0 Å². The molecular formula is C53H94O6. The van der Waals surface area contributed by atoms with Crippen LogP contribution in [0.1, 0.15) is 252 Å². The number of hydrogen-bond acceptors (Lipinski definition) is 6. The van der Waals surface area contributed by atoms with Gasteiger partial charge in [0.25, 0.3) is 0 Å². The first-order valence-corrected chi connectivity index (χ1v) is 25.1. The van der Waals surface area contributed by atoms with Gasteiger partial charge in [0.15, 0.2) is 6.10 Å². The molecular weight excluding hydrogens is 733 g/mol. The minimum Gasteiger partial charge on any atom is -0.462 e. The molecule has 0 aromatic heterocycles. The maximum atomic E-state index is 12.7. The van der Waals surface area contributed by atoms with Crippen LogP contribution in [0.2, 0.25) is 0 Å². The van der Waals surface area contributed by atoms with E-state index in [9.17, 15) is 14.4 Å². The fraction of sp³-hybridized carbons (Fsp3) is 0.792. The van der Waals surface area contributed by atoms with Gasteiger partial charge >= 0.3 is 17.9 Å². The van der Waals surface area contributed by atoms with E-state index in [1.54, 1.807) is 0 Å². The Labute approximate surface area is 365 Å². The highest BCUT2D eigenvalue weighted by atomic mass is 16.6. The van der Waals surface area contributed by atoms with E-state index in [-0.39, 0.29) is 31.1 Å². The summed E-state index contributed by atoms with van der Waals surface area (Å²) in [5.41, 5.74) is 0. The predicted octanol–water partition coefficient (Wildman–Crippen LogP) is 16.3. The Morgan fingerprint density at radius 3 is 1.03 bits per heavy atom. The predicted molar refractivity (Wildman–Crippen MR) is 252 cm³/mol. The van der Waals surface area contributed by atoms with Gasteiger partial charge in [0, 0.05) is 19.3 Å². The molecule has 0 heterocycles. The number of unbranched alkanes of at least 4 members (excludes halogenated alkanes) is 26. The molecule has 6 nitrogen and oxygen atoms in total. The molecule has 1 unspecified atom stereocenters. The van der Waals surface area contributed by atoms with Gasteiger partial charge in [-0.05, 0) is 89.9 Å². The second-order valence-corrected chi connectivity index (χ2v) is 16.7. The highest BCUT2D eigenvalue weighted by Gasteiger charge is 2.19. The number of esters is 3. The number of allylic oxidation sites excluding steroid dienone is 8. The summed E-state index contributed by atoms with van der Waals surface area (Å²) in [7, 11) is 0. The summed E-state index contributed by atoms with van der Waals surface area (Å²) >= 11 is 0. The van der Waals surface area contributed by atoms with Crippen molar-refractivity contribution in [3.05, 3.63) is 48.6 Å². The normalized spacial score (nSPS) is 12.4. The third-order valence-electron chi connectivity index (χ3n) is 10.7. The van der Waals surface area contributed by atoms with Crippen molar-refractivity contribution in [2.24, 2.45) is 0 Å². The fourth-order valence-electron chi connectivity index (χ4n) is 6.95. The standard InChI is InChI=1S/C53H94O6/c1-4-7-10-13-16-19-22-24-25-26-27-28-30-31-34-37-40-43-46-52(55)58-49-50(48-57-51(54)45-42-39-36-33-21-18-15-12-9-6-3)59-53(56)47-44-41-38-35-32-29-23-20-17-14-11-8-5-2/h11-12,14-15,20,23,25-26,50H,4-10,13,16-19,21-22,24,27-49H2,1-3H3/b14-11-,15-12-,23-20-,26-25-.